The monoisotopic (exact) mass is 388 g/mol. The van der Waals surface area contributed by atoms with E-state index in [0.29, 0.717) is 18.1 Å². The number of carbonyl (C=O) groups is 2. The normalized spacial score (nSPS) is 11.7. The van der Waals surface area contributed by atoms with Gasteiger partial charge in [0.25, 0.3) is 0 Å². The van der Waals surface area contributed by atoms with Gasteiger partial charge in [-0.05, 0) is 31.3 Å². The van der Waals surface area contributed by atoms with E-state index in [0.717, 1.165) is 11.1 Å². The number of hydrogen-bond acceptors (Lipinski definition) is 3. The van der Waals surface area contributed by atoms with E-state index < -0.39 is 0 Å². The molecule has 7 heteroatoms. The molecule has 144 valence electrons. The summed E-state index contributed by atoms with van der Waals surface area (Å²) in [4.78, 5) is 25.9. The summed E-state index contributed by atoms with van der Waals surface area (Å²) in [5.74, 6) is -0.260. The highest BCUT2D eigenvalue weighted by Gasteiger charge is 2.17. The average molecular weight is 389 g/mol. The van der Waals surface area contributed by atoms with Crippen molar-refractivity contribution in [3.05, 3.63) is 70.7 Å². The summed E-state index contributed by atoms with van der Waals surface area (Å²) in [5.41, 5.74) is 1.93. The Hall–Kier alpha value is -2.57. The topological polar surface area (TPSA) is 73.5 Å². The maximum atomic E-state index is 12.1. The van der Waals surface area contributed by atoms with Crippen molar-refractivity contribution in [1.29, 1.82) is 0 Å². The molecule has 0 bridgehead atoms. The lowest BCUT2D eigenvalue weighted by Crippen LogP contribution is -2.43. The van der Waals surface area contributed by atoms with Gasteiger partial charge >= 0.3 is 6.03 Å². The Bertz CT molecular complexity index is 753. The molecular weight excluding hydrogens is 364 g/mol. The van der Waals surface area contributed by atoms with Crippen molar-refractivity contribution in [2.75, 3.05) is 27.2 Å². The number of amides is 3. The molecule has 0 radical (unpaired) electrons. The number of benzene rings is 2. The fourth-order valence-electron chi connectivity index (χ4n) is 2.59. The van der Waals surface area contributed by atoms with Crippen LogP contribution in [0.2, 0.25) is 5.02 Å². The second-order valence-corrected chi connectivity index (χ2v) is 6.73. The van der Waals surface area contributed by atoms with Crippen LogP contribution in [0, 0.1) is 0 Å². The van der Waals surface area contributed by atoms with Crippen LogP contribution in [0.1, 0.15) is 17.2 Å². The third kappa shape index (κ3) is 6.92. The highest BCUT2D eigenvalue weighted by molar-refractivity contribution is 6.31. The summed E-state index contributed by atoms with van der Waals surface area (Å²) < 4.78 is 0. The molecule has 0 spiro atoms. The van der Waals surface area contributed by atoms with Gasteiger partial charge in [0.05, 0.1) is 12.6 Å². The average Bonchev–Trinajstić information content (AvgIpc) is 2.66. The first-order valence-electron chi connectivity index (χ1n) is 8.70. The van der Waals surface area contributed by atoms with Gasteiger partial charge < -0.3 is 20.9 Å². The molecule has 0 saturated heterocycles. The van der Waals surface area contributed by atoms with Gasteiger partial charge in [0.15, 0.2) is 0 Å². The summed E-state index contributed by atoms with van der Waals surface area (Å²) in [6.07, 6.45) is 0. The fourth-order valence-corrected chi connectivity index (χ4v) is 2.85. The molecule has 0 aliphatic heterocycles. The maximum Gasteiger partial charge on any atom is 0.315 e. The van der Waals surface area contributed by atoms with Crippen LogP contribution in [-0.4, -0.2) is 44.0 Å². The molecule has 2 rings (SSSR count). The van der Waals surface area contributed by atoms with E-state index in [9.17, 15) is 9.59 Å². The Labute approximate surface area is 164 Å². The van der Waals surface area contributed by atoms with Crippen LogP contribution >= 0.6 is 11.6 Å². The number of nitrogens with zero attached hydrogens (tertiary/aromatic N) is 1. The van der Waals surface area contributed by atoms with Crippen LogP contribution in [0.5, 0.6) is 0 Å². The lowest BCUT2D eigenvalue weighted by Gasteiger charge is -2.26. The lowest BCUT2D eigenvalue weighted by molar-refractivity contribution is -0.120. The molecule has 6 nitrogen and oxygen atoms in total. The number of hydrogen-bond donors (Lipinski definition) is 3. The molecule has 27 heavy (non-hydrogen) atoms. The summed E-state index contributed by atoms with van der Waals surface area (Å²) in [7, 11) is 3.85. The molecule has 0 saturated carbocycles. The molecule has 0 fully saturated rings. The number of urea groups is 1. The number of rotatable bonds is 8. The van der Waals surface area contributed by atoms with E-state index in [-0.39, 0.29) is 24.5 Å². The first-order chi connectivity index (χ1) is 13.0. The molecule has 0 aromatic heterocycles. The molecule has 2 aromatic rings. The predicted octanol–water partition coefficient (Wildman–Crippen LogP) is 2.56. The van der Waals surface area contributed by atoms with Gasteiger partial charge in [-0.3, -0.25) is 4.79 Å². The first kappa shape index (κ1) is 20.7. The summed E-state index contributed by atoms with van der Waals surface area (Å²) in [5, 5.41) is 8.76. The molecule has 3 amide bonds. The molecule has 1 unspecified atom stereocenters. The van der Waals surface area contributed by atoms with Crippen LogP contribution in [0.15, 0.2) is 54.6 Å². The van der Waals surface area contributed by atoms with Gasteiger partial charge in [0.2, 0.25) is 5.91 Å². The highest BCUT2D eigenvalue weighted by atomic mass is 35.5. The smallest absolute Gasteiger partial charge is 0.315 e. The molecule has 2 aromatic carbocycles. The second kappa shape index (κ2) is 10.5. The minimum atomic E-state index is -0.385. The van der Waals surface area contributed by atoms with Crippen LogP contribution in [0.25, 0.3) is 0 Å². The Balaban J connectivity index is 1.76. The van der Waals surface area contributed by atoms with Crippen LogP contribution in [0.3, 0.4) is 0 Å². The van der Waals surface area contributed by atoms with Gasteiger partial charge in [-0.2, -0.15) is 0 Å². The maximum absolute atomic E-state index is 12.1. The summed E-state index contributed by atoms with van der Waals surface area (Å²) >= 11 is 6.26. The number of carbonyl (C=O) groups excluding carboxylic acids is 2. The van der Waals surface area contributed by atoms with Crippen molar-refractivity contribution < 1.29 is 9.59 Å². The zero-order valence-corrected chi connectivity index (χ0v) is 16.3. The van der Waals surface area contributed by atoms with Gasteiger partial charge in [0, 0.05) is 18.1 Å². The number of nitrogens with one attached hydrogen (secondary N) is 3. The van der Waals surface area contributed by atoms with Crippen molar-refractivity contribution in [3.63, 3.8) is 0 Å². The van der Waals surface area contributed by atoms with Crippen LogP contribution in [0.4, 0.5) is 4.79 Å². The SMILES string of the molecule is CN(C)C(CNC(=O)CNC(=O)NCc1ccccc1)c1ccccc1Cl. The van der Waals surface area contributed by atoms with Gasteiger partial charge in [-0.25, -0.2) is 4.79 Å². The summed E-state index contributed by atoms with van der Waals surface area (Å²) in [6.45, 7) is 0.704. The van der Waals surface area contributed by atoms with Crippen molar-refractivity contribution in [2.45, 2.75) is 12.6 Å². The van der Waals surface area contributed by atoms with Crippen LogP contribution in [-0.2, 0) is 11.3 Å². The fraction of sp³-hybridized carbons (Fsp3) is 0.300. The number of likely N-dealkylation sites (N-methyl/N-ethyl adjacent to an activating group) is 1. The molecular formula is C20H25ClN4O2. The molecule has 0 aliphatic carbocycles. The standard InChI is InChI=1S/C20H25ClN4O2/c1-25(2)18(16-10-6-7-11-17(16)21)13-22-19(26)14-24-20(27)23-12-15-8-4-3-5-9-15/h3-11,18H,12-14H2,1-2H3,(H,22,26)(H2,23,24,27). The minimum absolute atomic E-state index is 0.0606. The van der Waals surface area contributed by atoms with E-state index >= 15 is 0 Å². The Morgan fingerprint density at radius 3 is 2.30 bits per heavy atom. The van der Waals surface area contributed by atoms with Gasteiger partial charge in [-0.15, -0.1) is 0 Å². The highest BCUT2D eigenvalue weighted by Crippen LogP contribution is 2.25. The quantitative estimate of drug-likeness (QED) is 0.650. The van der Waals surface area contributed by atoms with Crippen molar-refractivity contribution in [3.8, 4) is 0 Å². The predicted molar refractivity (Wildman–Crippen MR) is 108 cm³/mol. The van der Waals surface area contributed by atoms with Crippen molar-refractivity contribution in [1.82, 2.24) is 20.9 Å². The van der Waals surface area contributed by atoms with E-state index in [4.69, 9.17) is 11.6 Å². The Morgan fingerprint density at radius 1 is 0.963 bits per heavy atom. The summed E-state index contributed by atoms with van der Waals surface area (Å²) in [6, 6.07) is 16.7. The van der Waals surface area contributed by atoms with Gasteiger partial charge in [0.1, 0.15) is 0 Å². The third-order valence-electron chi connectivity index (χ3n) is 4.09. The van der Waals surface area contributed by atoms with Crippen molar-refractivity contribution >= 4 is 23.5 Å². The van der Waals surface area contributed by atoms with E-state index in [2.05, 4.69) is 16.0 Å². The zero-order chi connectivity index (χ0) is 19.6. The third-order valence-corrected chi connectivity index (χ3v) is 4.43. The van der Waals surface area contributed by atoms with Gasteiger partial charge in [-0.1, -0.05) is 60.1 Å². The first-order valence-corrected chi connectivity index (χ1v) is 9.08. The van der Waals surface area contributed by atoms with E-state index in [1.807, 2.05) is 73.6 Å². The lowest BCUT2D eigenvalue weighted by atomic mass is 10.1. The van der Waals surface area contributed by atoms with Crippen LogP contribution < -0.4 is 16.0 Å². The minimum Gasteiger partial charge on any atom is -0.353 e. The largest absolute Gasteiger partial charge is 0.353 e. The molecule has 1 atom stereocenters. The van der Waals surface area contributed by atoms with Crippen molar-refractivity contribution in [2.24, 2.45) is 0 Å². The Kier molecular flexibility index (Phi) is 8.10. The van der Waals surface area contributed by atoms with E-state index in [1.54, 1.807) is 0 Å². The molecule has 3 N–H and O–H groups in total. The Morgan fingerprint density at radius 2 is 1.63 bits per heavy atom. The molecule has 0 heterocycles. The second-order valence-electron chi connectivity index (χ2n) is 6.33. The zero-order valence-electron chi connectivity index (χ0n) is 15.5. The number of halogens is 1. The van der Waals surface area contributed by atoms with E-state index in [1.165, 1.54) is 0 Å². The molecule has 0 aliphatic rings.